The van der Waals surface area contributed by atoms with E-state index in [1.807, 2.05) is 18.2 Å². The molecule has 1 aliphatic carbocycles. The van der Waals surface area contributed by atoms with Crippen LogP contribution in [0.3, 0.4) is 0 Å². The third kappa shape index (κ3) is 7.53. The largest absolute Gasteiger partial charge is 0.506 e. The molecule has 2 aromatic rings. The van der Waals surface area contributed by atoms with Crippen LogP contribution >= 0.6 is 11.6 Å². The van der Waals surface area contributed by atoms with Gasteiger partial charge in [0, 0.05) is 11.6 Å². The van der Waals surface area contributed by atoms with Crippen LogP contribution in [0.1, 0.15) is 62.1 Å². The van der Waals surface area contributed by atoms with Crippen LogP contribution in [0.2, 0.25) is 5.02 Å². The molecule has 182 valence electrons. The minimum absolute atomic E-state index is 0.00291. The molecule has 0 amide bonds. The Hall–Kier alpha value is -1.95. The molecule has 1 aliphatic rings. The van der Waals surface area contributed by atoms with Crippen LogP contribution in [0.25, 0.3) is 0 Å². The lowest BCUT2D eigenvalue weighted by atomic mass is 9.86. The van der Waals surface area contributed by atoms with Crippen LogP contribution in [0.5, 0.6) is 17.2 Å². The highest BCUT2D eigenvalue weighted by atomic mass is 35.5. The molecule has 0 saturated carbocycles. The molecule has 0 saturated heterocycles. The van der Waals surface area contributed by atoms with E-state index in [-0.39, 0.29) is 17.2 Å². The van der Waals surface area contributed by atoms with Crippen molar-refractivity contribution in [3.63, 3.8) is 0 Å². The normalized spacial score (nSPS) is 15.7. The van der Waals surface area contributed by atoms with Crippen molar-refractivity contribution in [2.75, 3.05) is 26.2 Å². The number of unbranched alkanes of at least 4 members (excludes halogenated alkanes) is 3. The number of phenolic OH excluding ortho intramolecular Hbond substituents is 3. The van der Waals surface area contributed by atoms with Gasteiger partial charge in [0.15, 0.2) is 11.5 Å². The molecule has 0 radical (unpaired) electrons. The summed E-state index contributed by atoms with van der Waals surface area (Å²) in [7, 11) is 0. The monoisotopic (exact) mass is 474 g/mol. The summed E-state index contributed by atoms with van der Waals surface area (Å²) in [5.74, 6) is 0.212. The molecule has 2 aromatic carbocycles. The number of fused-ring (bicyclic) bond motifs is 1. The number of nitrogens with zero attached hydrogens (tertiary/aromatic N) is 1. The van der Waals surface area contributed by atoms with Crippen LogP contribution in [-0.2, 0) is 19.3 Å². The van der Waals surface area contributed by atoms with Crippen LogP contribution in [0.4, 0.5) is 0 Å². The molecule has 4 N–H and O–H groups in total. The van der Waals surface area contributed by atoms with Gasteiger partial charge in [-0.1, -0.05) is 43.5 Å². The van der Waals surface area contributed by atoms with Crippen molar-refractivity contribution >= 4 is 11.6 Å². The zero-order valence-electron chi connectivity index (χ0n) is 19.8. The second-order valence-corrected chi connectivity index (χ2v) is 9.61. The van der Waals surface area contributed by atoms with Gasteiger partial charge in [-0.25, -0.2) is 0 Å². The minimum atomic E-state index is -0.00291. The number of rotatable bonds is 13. The first-order chi connectivity index (χ1) is 16.0. The summed E-state index contributed by atoms with van der Waals surface area (Å²) in [6, 6.07) is 9.52. The van der Waals surface area contributed by atoms with Crippen molar-refractivity contribution in [2.24, 2.45) is 0 Å². The maximum atomic E-state index is 10.1. The van der Waals surface area contributed by atoms with E-state index in [1.54, 1.807) is 12.1 Å². The fourth-order valence-corrected chi connectivity index (χ4v) is 5.06. The molecule has 0 heterocycles. The van der Waals surface area contributed by atoms with E-state index in [9.17, 15) is 15.3 Å². The summed E-state index contributed by atoms with van der Waals surface area (Å²) in [5, 5.41) is 33.3. The molecule has 33 heavy (non-hydrogen) atoms. The molecule has 1 atom stereocenters. The Morgan fingerprint density at radius 3 is 2.55 bits per heavy atom. The number of phenols is 3. The third-order valence-electron chi connectivity index (χ3n) is 6.72. The lowest BCUT2D eigenvalue weighted by Crippen LogP contribution is -2.40. The van der Waals surface area contributed by atoms with Crippen LogP contribution < -0.4 is 5.32 Å². The van der Waals surface area contributed by atoms with Gasteiger partial charge in [0.2, 0.25) is 0 Å². The fraction of sp³-hybridized carbons (Fsp3) is 0.556. The number of benzene rings is 2. The van der Waals surface area contributed by atoms with Crippen molar-refractivity contribution in [3.05, 3.63) is 52.0 Å². The summed E-state index contributed by atoms with van der Waals surface area (Å²) < 4.78 is 0. The number of hydrogen-bond donors (Lipinski definition) is 4. The van der Waals surface area contributed by atoms with Gasteiger partial charge in [0.25, 0.3) is 0 Å². The molecule has 0 fully saturated rings. The lowest BCUT2D eigenvalue weighted by molar-refractivity contribution is 0.175. The van der Waals surface area contributed by atoms with E-state index in [0.29, 0.717) is 11.1 Å². The van der Waals surface area contributed by atoms with E-state index in [2.05, 4.69) is 17.1 Å². The molecular weight excluding hydrogens is 436 g/mol. The average molecular weight is 475 g/mol. The van der Waals surface area contributed by atoms with Gasteiger partial charge < -0.3 is 25.5 Å². The predicted octanol–water partition coefficient (Wildman–Crippen LogP) is 5.42. The van der Waals surface area contributed by atoms with Gasteiger partial charge in [0.1, 0.15) is 5.75 Å². The topological polar surface area (TPSA) is 76.0 Å². The van der Waals surface area contributed by atoms with Crippen LogP contribution in [0.15, 0.2) is 30.3 Å². The summed E-state index contributed by atoms with van der Waals surface area (Å²) in [5.41, 5.74) is 3.26. The second-order valence-electron chi connectivity index (χ2n) is 9.20. The van der Waals surface area contributed by atoms with Gasteiger partial charge in [-0.2, -0.15) is 0 Å². The van der Waals surface area contributed by atoms with E-state index < -0.39 is 0 Å². The summed E-state index contributed by atoms with van der Waals surface area (Å²) in [4.78, 5) is 2.63. The average Bonchev–Trinajstić information content (AvgIpc) is 2.81. The van der Waals surface area contributed by atoms with Gasteiger partial charge in [0.05, 0.1) is 5.02 Å². The first-order valence-corrected chi connectivity index (χ1v) is 12.8. The number of aromatic hydroxyl groups is 3. The zero-order chi connectivity index (χ0) is 23.6. The molecule has 0 spiro atoms. The summed E-state index contributed by atoms with van der Waals surface area (Å²) in [6.07, 6.45) is 9.78. The molecular formula is C27H39ClN2O3. The number of nitrogens with one attached hydrogen (secondary N) is 1. The highest BCUT2D eigenvalue weighted by Crippen LogP contribution is 2.36. The van der Waals surface area contributed by atoms with Crippen molar-refractivity contribution in [1.29, 1.82) is 0 Å². The predicted molar refractivity (Wildman–Crippen MR) is 136 cm³/mol. The Morgan fingerprint density at radius 1 is 0.970 bits per heavy atom. The third-order valence-corrected chi connectivity index (χ3v) is 7.02. The Bertz CT molecular complexity index is 890. The van der Waals surface area contributed by atoms with E-state index >= 15 is 0 Å². The van der Waals surface area contributed by atoms with Gasteiger partial charge >= 0.3 is 0 Å². The SMILES string of the molecule is CCCN(CCCCCCNCCc1ccc(O)c(Cl)c1)[C@H]1CCc2c(ccc(O)c2O)C1. The van der Waals surface area contributed by atoms with E-state index in [0.717, 1.165) is 69.4 Å². The van der Waals surface area contributed by atoms with Crippen molar-refractivity contribution in [1.82, 2.24) is 10.2 Å². The smallest absolute Gasteiger partial charge is 0.160 e. The molecule has 5 nitrogen and oxygen atoms in total. The fourth-order valence-electron chi connectivity index (χ4n) is 4.86. The molecule has 3 rings (SSSR count). The molecule has 6 heteroatoms. The number of halogens is 1. The van der Waals surface area contributed by atoms with Gasteiger partial charge in [-0.3, -0.25) is 0 Å². The zero-order valence-corrected chi connectivity index (χ0v) is 20.6. The highest BCUT2D eigenvalue weighted by Gasteiger charge is 2.26. The second kappa shape index (κ2) is 13.1. The summed E-state index contributed by atoms with van der Waals surface area (Å²) >= 11 is 5.96. The Kier molecular flexibility index (Phi) is 10.2. The molecule has 0 aromatic heterocycles. The molecule has 0 bridgehead atoms. The van der Waals surface area contributed by atoms with Gasteiger partial charge in [-0.15, -0.1) is 0 Å². The Balaban J connectivity index is 1.30. The number of hydrogen-bond acceptors (Lipinski definition) is 5. The Morgan fingerprint density at radius 2 is 1.76 bits per heavy atom. The minimum Gasteiger partial charge on any atom is -0.506 e. The van der Waals surface area contributed by atoms with E-state index in [1.165, 1.54) is 31.2 Å². The quantitative estimate of drug-likeness (QED) is 0.230. The van der Waals surface area contributed by atoms with E-state index in [4.69, 9.17) is 11.6 Å². The van der Waals surface area contributed by atoms with Gasteiger partial charge in [-0.05, 0) is 100 Å². The Labute approximate surface area is 203 Å². The first kappa shape index (κ1) is 25.7. The van der Waals surface area contributed by atoms with Crippen molar-refractivity contribution < 1.29 is 15.3 Å². The van der Waals surface area contributed by atoms with Crippen molar-refractivity contribution in [3.8, 4) is 17.2 Å². The molecule has 0 unspecified atom stereocenters. The lowest BCUT2D eigenvalue weighted by Gasteiger charge is -2.35. The van der Waals surface area contributed by atoms with Crippen LogP contribution in [0, 0.1) is 0 Å². The maximum Gasteiger partial charge on any atom is 0.160 e. The maximum absolute atomic E-state index is 10.1. The first-order valence-electron chi connectivity index (χ1n) is 12.4. The summed E-state index contributed by atoms with van der Waals surface area (Å²) in [6.45, 7) is 6.44. The van der Waals surface area contributed by atoms with Crippen molar-refractivity contribution in [2.45, 2.75) is 70.8 Å². The highest BCUT2D eigenvalue weighted by molar-refractivity contribution is 6.32. The van der Waals surface area contributed by atoms with Crippen LogP contribution in [-0.4, -0.2) is 52.4 Å². The molecule has 0 aliphatic heterocycles. The standard InChI is InChI=1S/C27H39ClN2O3/c1-2-16-30(22-9-10-23-21(19-22)8-12-26(32)27(23)33)17-6-4-3-5-14-29-15-13-20-7-11-25(31)24(28)18-20/h7-8,11-12,18,22,29,31-33H,2-6,9-10,13-17,19H2,1H3/t22-/m0/s1.